The zero-order valence-corrected chi connectivity index (χ0v) is 17.2. The van der Waals surface area contributed by atoms with E-state index < -0.39 is 6.10 Å². The second-order valence-electron chi connectivity index (χ2n) is 8.15. The van der Waals surface area contributed by atoms with Crippen molar-refractivity contribution in [2.75, 3.05) is 0 Å². The van der Waals surface area contributed by atoms with Gasteiger partial charge in [0.05, 0.1) is 23.4 Å². The molecule has 31 heavy (non-hydrogen) atoms. The van der Waals surface area contributed by atoms with Crippen LogP contribution >= 0.6 is 0 Å². The number of nitrogens with zero attached hydrogens (tertiary/aromatic N) is 4. The molecule has 1 amide bonds. The first kappa shape index (κ1) is 19.5. The summed E-state index contributed by atoms with van der Waals surface area (Å²) in [6.45, 7) is 0. The number of hydrogen-bond acceptors (Lipinski definition) is 4. The van der Waals surface area contributed by atoms with Crippen LogP contribution in [-0.2, 0) is 6.42 Å². The van der Waals surface area contributed by atoms with Gasteiger partial charge in [0.25, 0.3) is 5.91 Å². The minimum absolute atomic E-state index is 0.182. The Labute approximate surface area is 180 Å². The van der Waals surface area contributed by atoms with Crippen molar-refractivity contribution in [1.29, 1.82) is 0 Å². The third kappa shape index (κ3) is 4.09. The van der Waals surface area contributed by atoms with Gasteiger partial charge < -0.3 is 14.8 Å². The predicted octanol–water partition coefficient (Wildman–Crippen LogP) is 3.14. The van der Waals surface area contributed by atoms with Crippen molar-refractivity contribution >= 4 is 11.6 Å². The Balaban J connectivity index is 1.39. The molecule has 7 heteroatoms. The van der Waals surface area contributed by atoms with Gasteiger partial charge in [0, 0.05) is 31.0 Å². The molecule has 1 aliphatic carbocycles. The van der Waals surface area contributed by atoms with E-state index in [2.05, 4.69) is 27.5 Å². The standard InChI is InChI=1S/C24H25N5O2/c30-22-5-2-1-4-21(22)27-24(31)20-15-18(16-28-13-11-25-23(20)28)14-17-6-8-19(9-7-17)29-12-3-10-26-29/h3,6-13,15-16,21-22,30H,1-2,4-5,14H2,(H,27,31)/t21-,22-/m0/s1. The molecule has 4 aromatic rings. The SMILES string of the molecule is O=C(N[C@H]1CCCC[C@@H]1O)c1cc(Cc2ccc(-n3cccn3)cc2)cn2ccnc12. The Kier molecular flexibility index (Phi) is 5.26. The van der Waals surface area contributed by atoms with Crippen molar-refractivity contribution in [3.8, 4) is 5.69 Å². The number of carbonyl (C=O) groups excluding carboxylic acids is 1. The lowest BCUT2D eigenvalue weighted by atomic mass is 9.92. The Hall–Kier alpha value is -3.45. The van der Waals surface area contributed by atoms with Crippen molar-refractivity contribution in [2.45, 2.75) is 44.2 Å². The van der Waals surface area contributed by atoms with Gasteiger partial charge in [-0.1, -0.05) is 25.0 Å². The molecule has 1 fully saturated rings. The third-order valence-electron chi connectivity index (χ3n) is 5.95. The van der Waals surface area contributed by atoms with E-state index in [0.29, 0.717) is 17.6 Å². The maximum absolute atomic E-state index is 13.1. The van der Waals surface area contributed by atoms with Gasteiger partial charge in [-0.15, -0.1) is 0 Å². The highest BCUT2D eigenvalue weighted by atomic mass is 16.3. The number of imidazole rings is 1. The van der Waals surface area contributed by atoms with Crippen LogP contribution in [0, 0.1) is 0 Å². The van der Waals surface area contributed by atoms with Crippen LogP contribution in [0.15, 0.2) is 67.4 Å². The number of rotatable bonds is 5. The summed E-state index contributed by atoms with van der Waals surface area (Å²) in [4.78, 5) is 17.4. The van der Waals surface area contributed by atoms with Crippen LogP contribution in [0.2, 0.25) is 0 Å². The van der Waals surface area contributed by atoms with Gasteiger partial charge in [0.15, 0.2) is 0 Å². The second kappa shape index (κ2) is 8.35. The Bertz CT molecular complexity index is 1180. The summed E-state index contributed by atoms with van der Waals surface area (Å²) >= 11 is 0. The zero-order valence-electron chi connectivity index (χ0n) is 17.2. The van der Waals surface area contributed by atoms with Crippen molar-refractivity contribution in [1.82, 2.24) is 24.5 Å². The van der Waals surface area contributed by atoms with E-state index >= 15 is 0 Å². The minimum atomic E-state index is -0.482. The summed E-state index contributed by atoms with van der Waals surface area (Å²) in [6, 6.07) is 11.8. The first-order chi connectivity index (χ1) is 15.2. The van der Waals surface area contributed by atoms with Crippen LogP contribution < -0.4 is 5.32 Å². The molecule has 1 aromatic carbocycles. The van der Waals surface area contributed by atoms with Gasteiger partial charge in [0.2, 0.25) is 0 Å². The van der Waals surface area contributed by atoms with Crippen molar-refractivity contribution < 1.29 is 9.90 Å². The molecule has 0 saturated heterocycles. The number of aliphatic hydroxyl groups excluding tert-OH is 1. The van der Waals surface area contributed by atoms with Crippen LogP contribution in [0.4, 0.5) is 0 Å². The van der Waals surface area contributed by atoms with Gasteiger partial charge in [-0.05, 0) is 54.7 Å². The van der Waals surface area contributed by atoms with E-state index in [1.165, 1.54) is 0 Å². The number of benzene rings is 1. The quantitative estimate of drug-likeness (QED) is 0.524. The molecule has 0 bridgehead atoms. The summed E-state index contributed by atoms with van der Waals surface area (Å²) in [7, 11) is 0. The lowest BCUT2D eigenvalue weighted by Gasteiger charge is -2.28. The van der Waals surface area contributed by atoms with E-state index in [4.69, 9.17) is 0 Å². The lowest BCUT2D eigenvalue weighted by molar-refractivity contribution is 0.0718. The molecule has 0 radical (unpaired) electrons. The van der Waals surface area contributed by atoms with Crippen molar-refractivity contribution in [3.63, 3.8) is 0 Å². The van der Waals surface area contributed by atoms with E-state index in [0.717, 1.165) is 42.5 Å². The van der Waals surface area contributed by atoms with E-state index in [1.807, 2.05) is 51.9 Å². The molecular formula is C24H25N5O2. The van der Waals surface area contributed by atoms with Gasteiger partial charge in [-0.3, -0.25) is 4.79 Å². The number of amides is 1. The van der Waals surface area contributed by atoms with Crippen LogP contribution in [0.5, 0.6) is 0 Å². The molecule has 0 spiro atoms. The highest BCUT2D eigenvalue weighted by molar-refractivity contribution is 6.00. The van der Waals surface area contributed by atoms with Gasteiger partial charge in [0.1, 0.15) is 5.65 Å². The Morgan fingerprint density at radius 2 is 1.94 bits per heavy atom. The molecule has 1 saturated carbocycles. The summed E-state index contributed by atoms with van der Waals surface area (Å²) in [6.07, 6.45) is 13.0. The molecule has 5 rings (SSSR count). The summed E-state index contributed by atoms with van der Waals surface area (Å²) in [5.74, 6) is -0.182. The highest BCUT2D eigenvalue weighted by Gasteiger charge is 2.26. The number of fused-ring (bicyclic) bond motifs is 1. The first-order valence-corrected chi connectivity index (χ1v) is 10.7. The van der Waals surface area contributed by atoms with Gasteiger partial charge in [-0.25, -0.2) is 9.67 Å². The summed E-state index contributed by atoms with van der Waals surface area (Å²) in [5.41, 5.74) is 4.33. The fraction of sp³-hybridized carbons (Fsp3) is 0.292. The average molecular weight is 415 g/mol. The smallest absolute Gasteiger partial charge is 0.255 e. The zero-order chi connectivity index (χ0) is 21.2. The molecule has 158 valence electrons. The van der Waals surface area contributed by atoms with E-state index in [1.54, 1.807) is 12.4 Å². The van der Waals surface area contributed by atoms with E-state index in [9.17, 15) is 9.90 Å². The lowest BCUT2D eigenvalue weighted by Crippen LogP contribution is -2.45. The summed E-state index contributed by atoms with van der Waals surface area (Å²) in [5, 5.41) is 17.5. The van der Waals surface area contributed by atoms with Crippen molar-refractivity contribution in [2.24, 2.45) is 0 Å². The molecular weight excluding hydrogens is 390 g/mol. The minimum Gasteiger partial charge on any atom is -0.391 e. The molecule has 0 aliphatic heterocycles. The van der Waals surface area contributed by atoms with Crippen LogP contribution in [0.25, 0.3) is 11.3 Å². The Morgan fingerprint density at radius 1 is 1.10 bits per heavy atom. The number of hydrogen-bond donors (Lipinski definition) is 2. The van der Waals surface area contributed by atoms with Crippen molar-refractivity contribution in [3.05, 3.63) is 84.1 Å². The molecule has 3 aromatic heterocycles. The number of pyridine rings is 1. The van der Waals surface area contributed by atoms with Gasteiger partial charge in [-0.2, -0.15) is 5.10 Å². The van der Waals surface area contributed by atoms with Crippen LogP contribution in [0.3, 0.4) is 0 Å². The molecule has 7 nitrogen and oxygen atoms in total. The van der Waals surface area contributed by atoms with E-state index in [-0.39, 0.29) is 11.9 Å². The molecule has 0 unspecified atom stereocenters. The molecule has 3 heterocycles. The second-order valence-corrected chi connectivity index (χ2v) is 8.15. The van der Waals surface area contributed by atoms with Gasteiger partial charge >= 0.3 is 0 Å². The third-order valence-corrected chi connectivity index (χ3v) is 5.95. The maximum Gasteiger partial charge on any atom is 0.255 e. The molecule has 2 atom stereocenters. The first-order valence-electron chi connectivity index (χ1n) is 10.7. The monoisotopic (exact) mass is 415 g/mol. The number of aliphatic hydroxyl groups is 1. The Morgan fingerprint density at radius 3 is 2.71 bits per heavy atom. The number of carbonyl (C=O) groups is 1. The fourth-order valence-electron chi connectivity index (χ4n) is 4.31. The maximum atomic E-state index is 13.1. The topological polar surface area (TPSA) is 84.5 Å². The average Bonchev–Trinajstić information content (AvgIpc) is 3.47. The van der Waals surface area contributed by atoms with Crippen LogP contribution in [0.1, 0.15) is 47.2 Å². The number of nitrogens with one attached hydrogen (secondary N) is 1. The normalized spacial score (nSPS) is 18.9. The summed E-state index contributed by atoms with van der Waals surface area (Å²) < 4.78 is 3.71. The van der Waals surface area contributed by atoms with Crippen LogP contribution in [-0.4, -0.2) is 42.3 Å². The molecule has 2 N–H and O–H groups in total. The highest BCUT2D eigenvalue weighted by Crippen LogP contribution is 2.21. The fourth-order valence-corrected chi connectivity index (χ4v) is 4.31. The molecule has 1 aliphatic rings. The number of aromatic nitrogens is 4. The predicted molar refractivity (Wildman–Crippen MR) is 117 cm³/mol. The largest absolute Gasteiger partial charge is 0.391 e.